The molecule has 0 aliphatic rings. The van der Waals surface area contributed by atoms with Gasteiger partial charge < -0.3 is 10.1 Å². The van der Waals surface area contributed by atoms with Crippen LogP contribution in [0.1, 0.15) is 28.8 Å². The lowest BCUT2D eigenvalue weighted by Crippen LogP contribution is -2.21. The molecule has 130 valence electrons. The van der Waals surface area contributed by atoms with Crippen LogP contribution in [0.5, 0.6) is 0 Å². The topological polar surface area (TPSA) is 72.5 Å². The van der Waals surface area contributed by atoms with E-state index in [1.54, 1.807) is 36.4 Å². The Morgan fingerprint density at radius 1 is 0.960 bits per heavy atom. The fourth-order valence-corrected chi connectivity index (χ4v) is 2.31. The molecule has 0 unspecified atom stereocenters. The van der Waals surface area contributed by atoms with Gasteiger partial charge in [0, 0.05) is 22.1 Å². The Bertz CT molecular complexity index is 754. The molecule has 0 bridgehead atoms. The number of ketones is 1. The summed E-state index contributed by atoms with van der Waals surface area (Å²) in [4.78, 5) is 35.4. The van der Waals surface area contributed by atoms with Crippen molar-refractivity contribution < 1.29 is 19.1 Å². The summed E-state index contributed by atoms with van der Waals surface area (Å²) < 4.78 is 5.77. The monoisotopic (exact) mass is 403 g/mol. The molecule has 0 aromatic heterocycles. The molecule has 6 heteroatoms. The fourth-order valence-electron chi connectivity index (χ4n) is 2.05. The maximum atomic E-state index is 12.0. The molecule has 0 saturated heterocycles. The van der Waals surface area contributed by atoms with Crippen LogP contribution in [0.25, 0.3) is 0 Å². The standard InChI is InChI=1S/C19H18BrNO4/c1-13-2-8-16(9-3-13)21-18(23)12-25-19(24)11-10-17(22)14-4-6-15(20)7-5-14/h2-9H,10-12H2,1H3,(H,21,23). The number of carbonyl (C=O) groups is 3. The molecule has 0 radical (unpaired) electrons. The number of rotatable bonds is 7. The Hall–Kier alpha value is -2.47. The van der Waals surface area contributed by atoms with E-state index < -0.39 is 11.9 Å². The van der Waals surface area contributed by atoms with Crippen LogP contribution in [0.2, 0.25) is 0 Å². The number of halogens is 1. The van der Waals surface area contributed by atoms with Gasteiger partial charge in [-0.1, -0.05) is 45.8 Å². The molecule has 1 N–H and O–H groups in total. The number of Topliss-reactive ketones (excluding diaryl/α,β-unsaturated/α-hetero) is 1. The summed E-state index contributed by atoms with van der Waals surface area (Å²) in [6.07, 6.45) is -0.0211. The van der Waals surface area contributed by atoms with Crippen LogP contribution >= 0.6 is 15.9 Å². The number of ether oxygens (including phenoxy) is 1. The van der Waals surface area contributed by atoms with Gasteiger partial charge in [0.15, 0.2) is 12.4 Å². The molecule has 25 heavy (non-hydrogen) atoms. The predicted molar refractivity (Wildman–Crippen MR) is 98.5 cm³/mol. The summed E-state index contributed by atoms with van der Waals surface area (Å²) in [7, 11) is 0. The van der Waals surface area contributed by atoms with E-state index in [2.05, 4.69) is 21.2 Å². The lowest BCUT2D eigenvalue weighted by molar-refractivity contribution is -0.147. The molecule has 0 fully saturated rings. The Morgan fingerprint density at radius 2 is 1.60 bits per heavy atom. The Morgan fingerprint density at radius 3 is 2.24 bits per heavy atom. The van der Waals surface area contributed by atoms with Crippen molar-refractivity contribution in [1.29, 1.82) is 0 Å². The van der Waals surface area contributed by atoms with Gasteiger partial charge in [0.05, 0.1) is 6.42 Å². The van der Waals surface area contributed by atoms with Gasteiger partial charge in [-0.05, 0) is 31.2 Å². The van der Waals surface area contributed by atoms with Crippen molar-refractivity contribution in [2.24, 2.45) is 0 Å². The van der Waals surface area contributed by atoms with E-state index in [1.165, 1.54) is 0 Å². The van der Waals surface area contributed by atoms with Gasteiger partial charge >= 0.3 is 5.97 Å². The van der Waals surface area contributed by atoms with Gasteiger partial charge in [-0.15, -0.1) is 0 Å². The predicted octanol–water partition coefficient (Wildman–Crippen LogP) is 3.90. The number of carbonyl (C=O) groups excluding carboxylic acids is 3. The number of esters is 1. The minimum absolute atomic E-state index is 0.0417. The maximum Gasteiger partial charge on any atom is 0.306 e. The zero-order valence-corrected chi connectivity index (χ0v) is 15.3. The first-order valence-electron chi connectivity index (χ1n) is 7.75. The van der Waals surface area contributed by atoms with E-state index in [-0.39, 0.29) is 25.2 Å². The Kier molecular flexibility index (Phi) is 6.89. The molecule has 0 aliphatic carbocycles. The van der Waals surface area contributed by atoms with Crippen LogP contribution < -0.4 is 5.32 Å². The summed E-state index contributed by atoms with van der Waals surface area (Å²) in [5, 5.41) is 2.63. The minimum atomic E-state index is -0.579. The van der Waals surface area contributed by atoms with Gasteiger partial charge in [-0.25, -0.2) is 0 Å². The first kappa shape index (κ1) is 18.9. The second kappa shape index (κ2) is 9.13. The van der Waals surface area contributed by atoms with Gasteiger partial charge in [-0.2, -0.15) is 0 Å². The average molecular weight is 404 g/mol. The molecule has 2 aromatic rings. The highest BCUT2D eigenvalue weighted by atomic mass is 79.9. The van der Waals surface area contributed by atoms with Gasteiger partial charge in [0.1, 0.15) is 0 Å². The van der Waals surface area contributed by atoms with E-state index in [4.69, 9.17) is 4.74 Å². The van der Waals surface area contributed by atoms with Crippen molar-refractivity contribution in [2.75, 3.05) is 11.9 Å². The molecule has 0 aliphatic heterocycles. The van der Waals surface area contributed by atoms with Crippen molar-refractivity contribution in [3.05, 3.63) is 64.1 Å². The molecular formula is C19H18BrNO4. The normalized spacial score (nSPS) is 10.2. The number of aryl methyl sites for hydroxylation is 1. The molecule has 0 spiro atoms. The molecule has 2 aromatic carbocycles. The second-order valence-corrected chi connectivity index (χ2v) is 6.42. The molecule has 0 saturated carbocycles. The van der Waals surface area contributed by atoms with E-state index >= 15 is 0 Å². The van der Waals surface area contributed by atoms with Gasteiger partial charge in [-0.3, -0.25) is 14.4 Å². The highest BCUT2D eigenvalue weighted by Gasteiger charge is 2.12. The number of nitrogens with one attached hydrogen (secondary N) is 1. The number of hydrogen-bond acceptors (Lipinski definition) is 4. The minimum Gasteiger partial charge on any atom is -0.456 e. The zero-order valence-electron chi connectivity index (χ0n) is 13.8. The van der Waals surface area contributed by atoms with Gasteiger partial charge in [0.2, 0.25) is 0 Å². The molecule has 1 amide bonds. The fraction of sp³-hybridized carbons (Fsp3) is 0.211. The molecule has 2 rings (SSSR count). The number of anilines is 1. The highest BCUT2D eigenvalue weighted by molar-refractivity contribution is 9.10. The van der Waals surface area contributed by atoms with Crippen molar-refractivity contribution >= 4 is 39.3 Å². The van der Waals surface area contributed by atoms with Crippen LogP contribution in [0, 0.1) is 6.92 Å². The SMILES string of the molecule is Cc1ccc(NC(=O)COC(=O)CCC(=O)c2ccc(Br)cc2)cc1. The van der Waals surface area contributed by atoms with E-state index in [0.717, 1.165) is 10.0 Å². The van der Waals surface area contributed by atoms with Crippen LogP contribution in [0.4, 0.5) is 5.69 Å². The van der Waals surface area contributed by atoms with Crippen LogP contribution in [0.3, 0.4) is 0 Å². The number of hydrogen-bond donors (Lipinski definition) is 1. The van der Waals surface area contributed by atoms with Crippen LogP contribution in [0.15, 0.2) is 53.0 Å². The summed E-state index contributed by atoms with van der Waals surface area (Å²) in [5.41, 5.74) is 2.25. The van der Waals surface area contributed by atoms with Crippen molar-refractivity contribution in [1.82, 2.24) is 0 Å². The zero-order chi connectivity index (χ0) is 18.2. The van der Waals surface area contributed by atoms with Crippen LogP contribution in [-0.2, 0) is 14.3 Å². The third-order valence-electron chi connectivity index (χ3n) is 3.42. The first-order chi connectivity index (χ1) is 11.9. The first-order valence-corrected chi connectivity index (χ1v) is 8.54. The summed E-state index contributed by atoms with van der Waals surface area (Å²) in [5.74, 6) is -1.14. The van der Waals surface area contributed by atoms with Crippen molar-refractivity contribution in [3.8, 4) is 0 Å². The summed E-state index contributed by atoms with van der Waals surface area (Å²) >= 11 is 3.29. The van der Waals surface area contributed by atoms with E-state index in [0.29, 0.717) is 11.3 Å². The molecule has 5 nitrogen and oxygen atoms in total. The molecule has 0 atom stereocenters. The summed E-state index contributed by atoms with van der Waals surface area (Å²) in [6.45, 7) is 1.57. The summed E-state index contributed by atoms with van der Waals surface area (Å²) in [6, 6.07) is 14.2. The molecule has 0 heterocycles. The highest BCUT2D eigenvalue weighted by Crippen LogP contribution is 2.13. The third-order valence-corrected chi connectivity index (χ3v) is 3.95. The number of benzene rings is 2. The average Bonchev–Trinajstić information content (AvgIpc) is 2.60. The second-order valence-electron chi connectivity index (χ2n) is 5.50. The Labute approximate surface area is 154 Å². The largest absolute Gasteiger partial charge is 0.456 e. The third kappa shape index (κ3) is 6.51. The van der Waals surface area contributed by atoms with E-state index in [9.17, 15) is 14.4 Å². The smallest absolute Gasteiger partial charge is 0.306 e. The Balaban J connectivity index is 1.71. The quantitative estimate of drug-likeness (QED) is 0.561. The van der Waals surface area contributed by atoms with E-state index in [1.807, 2.05) is 19.1 Å². The number of amides is 1. The van der Waals surface area contributed by atoms with Crippen molar-refractivity contribution in [2.45, 2.75) is 19.8 Å². The van der Waals surface area contributed by atoms with Crippen LogP contribution in [-0.4, -0.2) is 24.3 Å². The maximum absolute atomic E-state index is 12.0. The van der Waals surface area contributed by atoms with Gasteiger partial charge in [0.25, 0.3) is 5.91 Å². The van der Waals surface area contributed by atoms with Crippen molar-refractivity contribution in [3.63, 3.8) is 0 Å². The molecular weight excluding hydrogens is 386 g/mol. The lowest BCUT2D eigenvalue weighted by Gasteiger charge is -2.07. The lowest BCUT2D eigenvalue weighted by atomic mass is 10.1.